The van der Waals surface area contributed by atoms with Crippen molar-refractivity contribution >= 4 is 29.2 Å². The summed E-state index contributed by atoms with van der Waals surface area (Å²) in [6, 6.07) is 15.4. The van der Waals surface area contributed by atoms with Crippen LogP contribution in [0.3, 0.4) is 0 Å². The molecule has 5 nitrogen and oxygen atoms in total. The summed E-state index contributed by atoms with van der Waals surface area (Å²) >= 11 is 0. The molecule has 0 saturated heterocycles. The third-order valence-electron chi connectivity index (χ3n) is 3.56. The molecule has 0 bridgehead atoms. The molecule has 0 fully saturated rings. The van der Waals surface area contributed by atoms with Gasteiger partial charge in [0.25, 0.3) is 0 Å². The maximum atomic E-state index is 10.9. The molecule has 0 spiro atoms. The van der Waals surface area contributed by atoms with Gasteiger partial charge in [0.1, 0.15) is 19.0 Å². The van der Waals surface area contributed by atoms with Gasteiger partial charge in [0, 0.05) is 6.08 Å². The van der Waals surface area contributed by atoms with E-state index in [9.17, 15) is 4.79 Å². The van der Waals surface area contributed by atoms with Crippen molar-refractivity contribution in [1.29, 1.82) is 0 Å². The summed E-state index contributed by atoms with van der Waals surface area (Å²) in [5.41, 5.74) is 3.57. The quantitative estimate of drug-likeness (QED) is 0.369. The number of hydrogen-bond acceptors (Lipinski definition) is 5. The Labute approximate surface area is 151 Å². The zero-order valence-electron chi connectivity index (χ0n) is 14.2. The van der Waals surface area contributed by atoms with E-state index in [0.29, 0.717) is 12.4 Å². The Balaban J connectivity index is 1.56. The molecule has 0 radical (unpaired) electrons. The van der Waals surface area contributed by atoms with Gasteiger partial charge in [-0.25, -0.2) is 9.78 Å². The minimum atomic E-state index is -0.453. The van der Waals surface area contributed by atoms with E-state index in [1.54, 1.807) is 6.20 Å². The summed E-state index contributed by atoms with van der Waals surface area (Å²) in [7, 11) is 0. The van der Waals surface area contributed by atoms with Crippen molar-refractivity contribution in [3.05, 3.63) is 78.6 Å². The molecule has 0 unspecified atom stereocenters. The number of fused-ring (bicyclic) bond motifs is 1. The van der Waals surface area contributed by atoms with Gasteiger partial charge in [0.15, 0.2) is 0 Å². The highest BCUT2D eigenvalue weighted by molar-refractivity contribution is 5.81. The molecule has 3 rings (SSSR count). The molecule has 130 valence electrons. The van der Waals surface area contributed by atoms with Crippen LogP contribution < -0.4 is 4.74 Å². The largest absolute Gasteiger partial charge is 0.490 e. The molecule has 5 heteroatoms. The van der Waals surface area contributed by atoms with Gasteiger partial charge in [-0.05, 0) is 35.9 Å². The van der Waals surface area contributed by atoms with Crippen molar-refractivity contribution < 1.29 is 14.3 Å². The van der Waals surface area contributed by atoms with Gasteiger partial charge in [-0.1, -0.05) is 36.9 Å². The van der Waals surface area contributed by atoms with Crippen LogP contribution in [0.4, 0.5) is 0 Å². The van der Waals surface area contributed by atoms with E-state index in [1.165, 1.54) is 0 Å². The smallest absolute Gasteiger partial charge is 0.330 e. The van der Waals surface area contributed by atoms with Crippen molar-refractivity contribution in [3.8, 4) is 5.75 Å². The van der Waals surface area contributed by atoms with Crippen LogP contribution in [0.15, 0.2) is 67.4 Å². The van der Waals surface area contributed by atoms with Crippen LogP contribution in [-0.4, -0.2) is 29.2 Å². The number of ether oxygens (including phenoxy) is 2. The Hall–Kier alpha value is -3.47. The average Bonchev–Trinajstić information content (AvgIpc) is 2.70. The minimum Gasteiger partial charge on any atom is -0.490 e. The lowest BCUT2D eigenvalue weighted by atomic mass is 10.2. The van der Waals surface area contributed by atoms with E-state index in [2.05, 4.69) is 16.5 Å². The van der Waals surface area contributed by atoms with E-state index >= 15 is 0 Å². The fourth-order valence-corrected chi connectivity index (χ4v) is 2.27. The number of aromatic nitrogens is 2. The monoisotopic (exact) mass is 346 g/mol. The van der Waals surface area contributed by atoms with Crippen LogP contribution in [0.5, 0.6) is 5.75 Å². The summed E-state index contributed by atoms with van der Waals surface area (Å²) in [5.74, 6) is 0.258. The second-order valence-electron chi connectivity index (χ2n) is 5.41. The molecule has 26 heavy (non-hydrogen) atoms. The highest BCUT2D eigenvalue weighted by atomic mass is 16.6. The number of carbonyl (C=O) groups is 1. The van der Waals surface area contributed by atoms with Gasteiger partial charge in [0.2, 0.25) is 0 Å². The standard InChI is InChI=1S/C21H18N2O3/c1-2-21(24)26-14-13-25-18-11-8-16(9-12-18)7-10-17-15-22-19-5-3-4-6-20(19)23-17/h2-12,15H,1,13-14H2. The van der Waals surface area contributed by atoms with Crippen molar-refractivity contribution in [2.45, 2.75) is 0 Å². The maximum absolute atomic E-state index is 10.9. The zero-order valence-corrected chi connectivity index (χ0v) is 14.2. The topological polar surface area (TPSA) is 61.3 Å². The van der Waals surface area contributed by atoms with Crippen molar-refractivity contribution in [2.75, 3.05) is 13.2 Å². The van der Waals surface area contributed by atoms with Gasteiger partial charge in [-0.3, -0.25) is 4.98 Å². The normalized spacial score (nSPS) is 10.8. The maximum Gasteiger partial charge on any atom is 0.330 e. The number of para-hydroxylation sites is 2. The Morgan fingerprint density at radius 2 is 1.77 bits per heavy atom. The fourth-order valence-electron chi connectivity index (χ4n) is 2.27. The third kappa shape index (κ3) is 4.77. The first-order chi connectivity index (χ1) is 12.7. The third-order valence-corrected chi connectivity index (χ3v) is 3.56. The Morgan fingerprint density at radius 1 is 1.00 bits per heavy atom. The Morgan fingerprint density at radius 3 is 2.54 bits per heavy atom. The van der Waals surface area contributed by atoms with Crippen LogP contribution in [0.25, 0.3) is 23.2 Å². The Kier molecular flexibility index (Phi) is 5.72. The van der Waals surface area contributed by atoms with Gasteiger partial charge in [-0.2, -0.15) is 0 Å². The molecule has 1 aromatic heterocycles. The van der Waals surface area contributed by atoms with Crippen LogP contribution in [0.1, 0.15) is 11.3 Å². The zero-order chi connectivity index (χ0) is 18.2. The van der Waals surface area contributed by atoms with Crippen LogP contribution in [0.2, 0.25) is 0 Å². The highest BCUT2D eigenvalue weighted by Crippen LogP contribution is 2.15. The average molecular weight is 346 g/mol. The van der Waals surface area contributed by atoms with E-state index in [4.69, 9.17) is 9.47 Å². The van der Waals surface area contributed by atoms with Gasteiger partial charge in [0.05, 0.1) is 22.9 Å². The molecule has 0 aliphatic rings. The molecule has 1 heterocycles. The predicted molar refractivity (Wildman–Crippen MR) is 102 cm³/mol. The lowest BCUT2D eigenvalue weighted by Gasteiger charge is -2.06. The molecule has 0 aliphatic carbocycles. The number of nitrogens with zero attached hydrogens (tertiary/aromatic N) is 2. The Bertz CT molecular complexity index is 933. The first kappa shape index (κ1) is 17.4. The summed E-state index contributed by atoms with van der Waals surface area (Å²) in [5, 5.41) is 0. The predicted octanol–water partition coefficient (Wildman–Crippen LogP) is 3.91. The lowest BCUT2D eigenvalue weighted by Crippen LogP contribution is -2.10. The van der Waals surface area contributed by atoms with Crippen LogP contribution in [-0.2, 0) is 9.53 Å². The SMILES string of the molecule is C=CC(=O)OCCOc1ccc(C=Cc2cnc3ccccc3n2)cc1. The number of hydrogen-bond donors (Lipinski definition) is 0. The van der Waals surface area contributed by atoms with Crippen LogP contribution in [0, 0.1) is 0 Å². The first-order valence-electron chi connectivity index (χ1n) is 8.16. The van der Waals surface area contributed by atoms with Crippen molar-refractivity contribution in [3.63, 3.8) is 0 Å². The van der Waals surface area contributed by atoms with Gasteiger partial charge in [-0.15, -0.1) is 0 Å². The number of carbonyl (C=O) groups excluding carboxylic acids is 1. The highest BCUT2D eigenvalue weighted by Gasteiger charge is 1.98. The summed E-state index contributed by atoms with van der Waals surface area (Å²) in [4.78, 5) is 19.9. The van der Waals surface area contributed by atoms with E-state index in [1.807, 2.05) is 60.7 Å². The second kappa shape index (κ2) is 8.58. The molecular weight excluding hydrogens is 328 g/mol. The molecule has 0 saturated carbocycles. The fraction of sp³-hybridized carbons (Fsp3) is 0.0952. The van der Waals surface area contributed by atoms with Gasteiger partial charge >= 0.3 is 5.97 Å². The number of benzene rings is 2. The molecule has 3 aromatic rings. The van der Waals surface area contributed by atoms with Crippen molar-refractivity contribution in [1.82, 2.24) is 9.97 Å². The number of rotatable bonds is 7. The lowest BCUT2D eigenvalue weighted by molar-refractivity contribution is -0.138. The van der Waals surface area contributed by atoms with Gasteiger partial charge < -0.3 is 9.47 Å². The molecule has 0 atom stereocenters. The summed E-state index contributed by atoms with van der Waals surface area (Å²) in [6.07, 6.45) is 6.76. The van der Waals surface area contributed by atoms with E-state index in [0.717, 1.165) is 28.4 Å². The molecule has 2 aromatic carbocycles. The molecular formula is C21H18N2O3. The van der Waals surface area contributed by atoms with Crippen molar-refractivity contribution in [2.24, 2.45) is 0 Å². The molecule has 0 aliphatic heterocycles. The second-order valence-corrected chi connectivity index (χ2v) is 5.41. The minimum absolute atomic E-state index is 0.188. The van der Waals surface area contributed by atoms with Crippen LogP contribution >= 0.6 is 0 Å². The molecule has 0 amide bonds. The summed E-state index contributed by atoms with van der Waals surface area (Å²) < 4.78 is 10.4. The van der Waals surface area contributed by atoms with E-state index < -0.39 is 5.97 Å². The molecule has 0 N–H and O–H groups in total. The first-order valence-corrected chi connectivity index (χ1v) is 8.16. The number of esters is 1. The van der Waals surface area contributed by atoms with E-state index in [-0.39, 0.29) is 6.61 Å². The summed E-state index contributed by atoms with van der Waals surface area (Å²) in [6.45, 7) is 3.81.